The van der Waals surface area contributed by atoms with Gasteiger partial charge in [-0.3, -0.25) is 0 Å². The van der Waals surface area contributed by atoms with Gasteiger partial charge in [0.25, 0.3) is 0 Å². The van der Waals surface area contributed by atoms with Crippen LogP contribution in [0.1, 0.15) is 43.2 Å². The van der Waals surface area contributed by atoms with Crippen LogP contribution < -0.4 is 10.5 Å². The Balaban J connectivity index is 2.16. The lowest BCUT2D eigenvalue weighted by Crippen LogP contribution is -2.41. The normalized spacial score (nSPS) is 25.1. The van der Waals surface area contributed by atoms with Crippen molar-refractivity contribution in [2.45, 2.75) is 43.9 Å². The average Bonchev–Trinajstić information content (AvgIpc) is 2.88. The van der Waals surface area contributed by atoms with Crippen LogP contribution in [0.5, 0.6) is 5.75 Å². The van der Waals surface area contributed by atoms with Gasteiger partial charge in [-0.05, 0) is 49.8 Å². The molecule has 1 aromatic carbocycles. The van der Waals surface area contributed by atoms with Gasteiger partial charge < -0.3 is 10.5 Å². The van der Waals surface area contributed by atoms with Crippen molar-refractivity contribution < 1.29 is 4.74 Å². The number of hydrogen-bond donors (Lipinski definition) is 1. The fourth-order valence-corrected chi connectivity index (χ4v) is 4.34. The third kappa shape index (κ3) is 1.58. The third-order valence-electron chi connectivity index (χ3n) is 5.15. The van der Waals surface area contributed by atoms with Crippen molar-refractivity contribution in [1.29, 1.82) is 0 Å². The molecule has 1 unspecified atom stereocenters. The van der Waals surface area contributed by atoms with E-state index in [2.05, 4.69) is 18.2 Å². The largest absolute Gasteiger partial charge is 0.496 e. The van der Waals surface area contributed by atoms with E-state index in [1.54, 1.807) is 7.11 Å². The van der Waals surface area contributed by atoms with E-state index >= 15 is 0 Å². The lowest BCUT2D eigenvalue weighted by Gasteiger charge is -2.43. The minimum atomic E-state index is 0.314. The lowest BCUT2D eigenvalue weighted by molar-refractivity contribution is 0.234. The van der Waals surface area contributed by atoms with Gasteiger partial charge in [-0.1, -0.05) is 25.0 Å². The maximum absolute atomic E-state index is 6.07. The molecule has 0 heterocycles. The van der Waals surface area contributed by atoms with Gasteiger partial charge in [0.1, 0.15) is 5.75 Å². The smallest absolute Gasteiger partial charge is 0.122 e. The van der Waals surface area contributed by atoms with E-state index in [-0.39, 0.29) is 0 Å². The maximum atomic E-state index is 6.07. The second-order valence-electron chi connectivity index (χ2n) is 5.83. The zero-order valence-corrected chi connectivity index (χ0v) is 11.2. The number of methoxy groups -OCH3 is 1. The second kappa shape index (κ2) is 4.58. The summed E-state index contributed by atoms with van der Waals surface area (Å²) in [6.07, 6.45) is 7.68. The Morgan fingerprint density at radius 3 is 2.78 bits per heavy atom. The number of rotatable bonds is 2. The molecule has 2 N–H and O–H groups in total. The molecule has 2 aliphatic rings. The summed E-state index contributed by atoms with van der Waals surface area (Å²) < 4.78 is 5.65. The van der Waals surface area contributed by atoms with Crippen LogP contribution in [-0.4, -0.2) is 13.7 Å². The van der Waals surface area contributed by atoms with Gasteiger partial charge in [-0.15, -0.1) is 0 Å². The summed E-state index contributed by atoms with van der Waals surface area (Å²) in [6.45, 7) is 0.817. The van der Waals surface area contributed by atoms with Gasteiger partial charge >= 0.3 is 0 Å². The maximum Gasteiger partial charge on any atom is 0.122 e. The monoisotopic (exact) mass is 245 g/mol. The number of nitrogens with two attached hydrogens (primary N) is 1. The Kier molecular flexibility index (Phi) is 3.06. The van der Waals surface area contributed by atoms with Crippen LogP contribution >= 0.6 is 0 Å². The molecule has 1 saturated carbocycles. The van der Waals surface area contributed by atoms with Crippen molar-refractivity contribution in [2.75, 3.05) is 13.7 Å². The van der Waals surface area contributed by atoms with Gasteiger partial charge in [-0.2, -0.15) is 0 Å². The van der Waals surface area contributed by atoms with Gasteiger partial charge in [0.15, 0.2) is 0 Å². The van der Waals surface area contributed by atoms with Crippen molar-refractivity contribution in [2.24, 2.45) is 11.7 Å². The molecule has 2 aliphatic carbocycles. The van der Waals surface area contributed by atoms with Crippen LogP contribution in [0.3, 0.4) is 0 Å². The molecule has 1 fully saturated rings. The highest BCUT2D eigenvalue weighted by Gasteiger charge is 2.46. The fourth-order valence-electron chi connectivity index (χ4n) is 4.34. The summed E-state index contributed by atoms with van der Waals surface area (Å²) >= 11 is 0. The third-order valence-corrected chi connectivity index (χ3v) is 5.15. The summed E-state index contributed by atoms with van der Waals surface area (Å²) in [7, 11) is 1.80. The second-order valence-corrected chi connectivity index (χ2v) is 5.83. The van der Waals surface area contributed by atoms with E-state index in [9.17, 15) is 0 Å². The molecule has 0 saturated heterocycles. The summed E-state index contributed by atoms with van der Waals surface area (Å²) in [6, 6.07) is 6.53. The van der Waals surface area contributed by atoms with E-state index in [0.29, 0.717) is 11.3 Å². The topological polar surface area (TPSA) is 35.2 Å². The highest BCUT2D eigenvalue weighted by atomic mass is 16.5. The van der Waals surface area contributed by atoms with Crippen molar-refractivity contribution in [3.05, 3.63) is 29.3 Å². The standard InChI is InChI=1S/C16H23NO/c1-18-14-6-4-5-12-7-8-13(11-17)16(15(12)14)9-2-3-10-16/h4-6,13H,2-3,7-11,17H2,1H3. The Bertz CT molecular complexity index is 420. The minimum Gasteiger partial charge on any atom is -0.496 e. The summed E-state index contributed by atoms with van der Waals surface area (Å²) in [5.74, 6) is 1.73. The van der Waals surface area contributed by atoms with Crippen LogP contribution in [0, 0.1) is 5.92 Å². The molecule has 18 heavy (non-hydrogen) atoms. The molecule has 1 spiro atoms. The summed E-state index contributed by atoms with van der Waals surface area (Å²) in [4.78, 5) is 0. The molecular formula is C16H23NO. The Morgan fingerprint density at radius 2 is 2.11 bits per heavy atom. The van der Waals surface area contributed by atoms with Crippen LogP contribution in [0.15, 0.2) is 18.2 Å². The van der Waals surface area contributed by atoms with Crippen LogP contribution in [-0.2, 0) is 11.8 Å². The predicted octanol–water partition coefficient (Wildman–Crippen LogP) is 3.03. The molecular weight excluding hydrogens is 222 g/mol. The average molecular weight is 245 g/mol. The molecule has 0 aliphatic heterocycles. The van der Waals surface area contributed by atoms with E-state index in [1.807, 2.05) is 0 Å². The quantitative estimate of drug-likeness (QED) is 0.869. The van der Waals surface area contributed by atoms with E-state index < -0.39 is 0 Å². The molecule has 98 valence electrons. The van der Waals surface area contributed by atoms with Gasteiger partial charge in [-0.25, -0.2) is 0 Å². The van der Waals surface area contributed by atoms with E-state index in [1.165, 1.54) is 43.2 Å². The first kappa shape index (κ1) is 12.0. The minimum absolute atomic E-state index is 0.314. The number of ether oxygens (including phenoxy) is 1. The van der Waals surface area contributed by atoms with E-state index in [0.717, 1.165) is 18.7 Å². The van der Waals surface area contributed by atoms with Crippen LogP contribution in [0.25, 0.3) is 0 Å². The molecule has 0 radical (unpaired) electrons. The Hall–Kier alpha value is -1.02. The van der Waals surface area contributed by atoms with Gasteiger partial charge in [0.2, 0.25) is 0 Å². The molecule has 0 aromatic heterocycles. The lowest BCUT2D eigenvalue weighted by atomic mass is 9.62. The molecule has 0 amide bonds. The van der Waals surface area contributed by atoms with E-state index in [4.69, 9.17) is 10.5 Å². The first-order valence-corrected chi connectivity index (χ1v) is 7.18. The zero-order valence-electron chi connectivity index (χ0n) is 11.2. The SMILES string of the molecule is COc1cccc2c1C1(CCCC1)C(CN)CC2. The molecule has 1 atom stereocenters. The summed E-state index contributed by atoms with van der Waals surface area (Å²) in [5.41, 5.74) is 9.37. The molecule has 2 nitrogen and oxygen atoms in total. The molecule has 0 bridgehead atoms. The van der Waals surface area contributed by atoms with Crippen molar-refractivity contribution >= 4 is 0 Å². The van der Waals surface area contributed by atoms with Crippen LogP contribution in [0.2, 0.25) is 0 Å². The van der Waals surface area contributed by atoms with Crippen LogP contribution in [0.4, 0.5) is 0 Å². The fraction of sp³-hybridized carbons (Fsp3) is 0.625. The zero-order chi connectivity index (χ0) is 12.6. The first-order chi connectivity index (χ1) is 8.81. The van der Waals surface area contributed by atoms with Gasteiger partial charge in [0, 0.05) is 11.0 Å². The predicted molar refractivity (Wildman–Crippen MR) is 74.0 cm³/mol. The highest BCUT2D eigenvalue weighted by Crippen LogP contribution is 2.54. The number of fused-ring (bicyclic) bond motifs is 2. The summed E-state index contributed by atoms with van der Waals surface area (Å²) in [5, 5.41) is 0. The molecule has 1 aromatic rings. The molecule has 2 heteroatoms. The van der Waals surface area contributed by atoms with Crippen molar-refractivity contribution in [3.8, 4) is 5.75 Å². The highest BCUT2D eigenvalue weighted by molar-refractivity contribution is 5.48. The van der Waals surface area contributed by atoms with Gasteiger partial charge in [0.05, 0.1) is 7.11 Å². The number of benzene rings is 1. The Labute approximate surface area is 110 Å². The molecule has 3 rings (SSSR count). The van der Waals surface area contributed by atoms with Crippen molar-refractivity contribution in [3.63, 3.8) is 0 Å². The number of hydrogen-bond acceptors (Lipinski definition) is 2. The number of aryl methyl sites for hydroxylation is 1. The Morgan fingerprint density at radius 1 is 1.33 bits per heavy atom. The van der Waals surface area contributed by atoms with Crippen molar-refractivity contribution in [1.82, 2.24) is 0 Å². The first-order valence-electron chi connectivity index (χ1n) is 7.18.